The van der Waals surface area contributed by atoms with Crippen LogP contribution < -0.4 is 4.74 Å². The number of fused-ring (bicyclic) bond motifs is 1. The Bertz CT molecular complexity index is 706. The van der Waals surface area contributed by atoms with Crippen molar-refractivity contribution in [2.45, 2.75) is 0 Å². The fourth-order valence-corrected chi connectivity index (χ4v) is 2.58. The van der Waals surface area contributed by atoms with Crippen LogP contribution in [0.4, 0.5) is 0 Å². The number of hydrogen-bond donors (Lipinski definition) is 1. The number of aromatic amines is 1. The number of aromatic nitrogens is 2. The molecule has 0 aliphatic carbocycles. The van der Waals surface area contributed by atoms with Gasteiger partial charge in [-0.2, -0.15) is 0 Å². The highest BCUT2D eigenvalue weighted by Gasteiger charge is 2.10. The van der Waals surface area contributed by atoms with E-state index in [-0.39, 0.29) is 0 Å². The molecule has 0 atom stereocenters. The van der Waals surface area contributed by atoms with Gasteiger partial charge in [0.2, 0.25) is 0 Å². The van der Waals surface area contributed by atoms with E-state index in [4.69, 9.17) is 4.74 Å². The standard InChI is InChI=1S/C14H11IN2O/c1-18-12-8-3-2-5-9(12)14-16-11-7-4-6-10(15)13(11)17-14/h2-8H,1H3,(H,16,17). The molecule has 0 unspecified atom stereocenters. The number of hydrogen-bond acceptors (Lipinski definition) is 2. The highest BCUT2D eigenvalue weighted by atomic mass is 127. The van der Waals surface area contributed by atoms with Gasteiger partial charge in [-0.1, -0.05) is 18.2 Å². The Morgan fingerprint density at radius 2 is 1.94 bits per heavy atom. The number of nitrogens with one attached hydrogen (secondary N) is 1. The smallest absolute Gasteiger partial charge is 0.142 e. The van der Waals surface area contributed by atoms with Crippen LogP contribution in [0.15, 0.2) is 42.5 Å². The summed E-state index contributed by atoms with van der Waals surface area (Å²) in [6, 6.07) is 14.0. The van der Waals surface area contributed by atoms with E-state index in [2.05, 4.69) is 38.6 Å². The lowest BCUT2D eigenvalue weighted by molar-refractivity contribution is 0.416. The molecule has 1 heterocycles. The number of para-hydroxylation sites is 2. The summed E-state index contributed by atoms with van der Waals surface area (Å²) < 4.78 is 6.51. The van der Waals surface area contributed by atoms with Crippen LogP contribution in [0.25, 0.3) is 22.4 Å². The van der Waals surface area contributed by atoms with Crippen LogP contribution in [0.5, 0.6) is 5.75 Å². The van der Waals surface area contributed by atoms with Crippen LogP contribution in [-0.2, 0) is 0 Å². The Balaban J connectivity index is 2.23. The SMILES string of the molecule is COc1ccccc1-c1nc2c(I)cccc2[nH]1. The Kier molecular flexibility index (Phi) is 2.95. The fourth-order valence-electron chi connectivity index (χ4n) is 1.96. The lowest BCUT2D eigenvalue weighted by atomic mass is 10.2. The molecular weight excluding hydrogens is 339 g/mol. The van der Waals surface area contributed by atoms with Crippen molar-refractivity contribution in [3.05, 3.63) is 46.0 Å². The van der Waals surface area contributed by atoms with E-state index in [1.807, 2.05) is 36.4 Å². The van der Waals surface area contributed by atoms with Gasteiger partial charge in [0, 0.05) is 3.57 Å². The van der Waals surface area contributed by atoms with Crippen LogP contribution in [0.3, 0.4) is 0 Å². The minimum Gasteiger partial charge on any atom is -0.496 e. The van der Waals surface area contributed by atoms with Crippen LogP contribution in [-0.4, -0.2) is 17.1 Å². The van der Waals surface area contributed by atoms with Crippen molar-refractivity contribution in [1.82, 2.24) is 9.97 Å². The topological polar surface area (TPSA) is 37.9 Å². The lowest BCUT2D eigenvalue weighted by Gasteiger charge is -2.04. The molecule has 0 fully saturated rings. The normalized spacial score (nSPS) is 10.8. The van der Waals surface area contributed by atoms with Gasteiger partial charge in [0.15, 0.2) is 0 Å². The first-order chi connectivity index (χ1) is 8.79. The summed E-state index contributed by atoms with van der Waals surface area (Å²) in [5.41, 5.74) is 3.02. The fraction of sp³-hybridized carbons (Fsp3) is 0.0714. The van der Waals surface area contributed by atoms with Gasteiger partial charge in [-0.05, 0) is 46.9 Å². The van der Waals surface area contributed by atoms with E-state index in [1.165, 1.54) is 0 Å². The predicted molar refractivity (Wildman–Crippen MR) is 80.8 cm³/mol. The average Bonchev–Trinajstić information content (AvgIpc) is 2.84. The number of rotatable bonds is 2. The predicted octanol–water partition coefficient (Wildman–Crippen LogP) is 3.84. The maximum Gasteiger partial charge on any atom is 0.142 e. The van der Waals surface area contributed by atoms with E-state index >= 15 is 0 Å². The van der Waals surface area contributed by atoms with E-state index in [0.29, 0.717) is 0 Å². The van der Waals surface area contributed by atoms with Crippen LogP contribution in [0, 0.1) is 3.57 Å². The molecule has 3 rings (SSSR count). The zero-order chi connectivity index (χ0) is 12.5. The molecule has 2 aromatic carbocycles. The zero-order valence-electron chi connectivity index (χ0n) is 9.77. The van der Waals surface area contributed by atoms with Gasteiger partial charge in [-0.3, -0.25) is 0 Å². The van der Waals surface area contributed by atoms with Gasteiger partial charge in [0.1, 0.15) is 17.1 Å². The van der Waals surface area contributed by atoms with E-state index in [9.17, 15) is 0 Å². The van der Waals surface area contributed by atoms with E-state index in [1.54, 1.807) is 7.11 Å². The van der Waals surface area contributed by atoms with Crippen molar-refractivity contribution in [2.75, 3.05) is 7.11 Å². The van der Waals surface area contributed by atoms with Crippen molar-refractivity contribution in [3.63, 3.8) is 0 Å². The van der Waals surface area contributed by atoms with E-state index < -0.39 is 0 Å². The van der Waals surface area contributed by atoms with Crippen molar-refractivity contribution in [3.8, 4) is 17.1 Å². The number of halogens is 1. The molecule has 0 aliphatic heterocycles. The number of ether oxygens (including phenoxy) is 1. The molecule has 0 aliphatic rings. The second-order valence-corrected chi connectivity index (χ2v) is 5.08. The number of imidazole rings is 1. The Labute approximate surface area is 118 Å². The molecule has 1 N–H and O–H groups in total. The van der Waals surface area contributed by atoms with Crippen molar-refractivity contribution < 1.29 is 4.74 Å². The van der Waals surface area contributed by atoms with Gasteiger partial charge >= 0.3 is 0 Å². The number of benzene rings is 2. The van der Waals surface area contributed by atoms with Crippen LogP contribution in [0.2, 0.25) is 0 Å². The average molecular weight is 350 g/mol. The van der Waals surface area contributed by atoms with Gasteiger partial charge in [-0.25, -0.2) is 4.98 Å². The maximum atomic E-state index is 5.36. The second kappa shape index (κ2) is 4.61. The molecule has 3 aromatic rings. The first-order valence-electron chi connectivity index (χ1n) is 5.57. The molecule has 0 amide bonds. The maximum absolute atomic E-state index is 5.36. The molecule has 0 spiro atoms. The van der Waals surface area contributed by atoms with Gasteiger partial charge in [0.05, 0.1) is 18.2 Å². The molecule has 90 valence electrons. The first kappa shape index (κ1) is 11.5. The van der Waals surface area contributed by atoms with Crippen molar-refractivity contribution >= 4 is 33.6 Å². The summed E-state index contributed by atoms with van der Waals surface area (Å²) in [5.74, 6) is 1.66. The van der Waals surface area contributed by atoms with Gasteiger partial charge in [-0.15, -0.1) is 0 Å². The largest absolute Gasteiger partial charge is 0.496 e. The molecule has 0 saturated carbocycles. The number of methoxy groups -OCH3 is 1. The number of nitrogens with zero attached hydrogens (tertiary/aromatic N) is 1. The first-order valence-corrected chi connectivity index (χ1v) is 6.65. The van der Waals surface area contributed by atoms with Crippen LogP contribution >= 0.6 is 22.6 Å². The lowest BCUT2D eigenvalue weighted by Crippen LogP contribution is -1.88. The van der Waals surface area contributed by atoms with Gasteiger partial charge in [0.25, 0.3) is 0 Å². The molecule has 0 radical (unpaired) electrons. The molecule has 4 heteroatoms. The zero-order valence-corrected chi connectivity index (χ0v) is 11.9. The summed E-state index contributed by atoms with van der Waals surface area (Å²) in [6.45, 7) is 0. The highest BCUT2D eigenvalue weighted by Crippen LogP contribution is 2.29. The Hall–Kier alpha value is -1.56. The molecule has 18 heavy (non-hydrogen) atoms. The Morgan fingerprint density at radius 3 is 2.72 bits per heavy atom. The summed E-state index contributed by atoms with van der Waals surface area (Å²) in [6.07, 6.45) is 0. The highest BCUT2D eigenvalue weighted by molar-refractivity contribution is 14.1. The third kappa shape index (κ3) is 1.86. The quantitative estimate of drug-likeness (QED) is 0.713. The van der Waals surface area contributed by atoms with E-state index in [0.717, 1.165) is 31.7 Å². The third-order valence-corrected chi connectivity index (χ3v) is 3.70. The second-order valence-electron chi connectivity index (χ2n) is 3.92. The summed E-state index contributed by atoms with van der Waals surface area (Å²) >= 11 is 2.30. The molecule has 0 bridgehead atoms. The summed E-state index contributed by atoms with van der Waals surface area (Å²) in [4.78, 5) is 7.98. The molecular formula is C14H11IN2O. The minimum atomic E-state index is 0.826. The molecule has 0 saturated heterocycles. The number of H-pyrrole nitrogens is 1. The molecule has 1 aromatic heterocycles. The Morgan fingerprint density at radius 1 is 1.11 bits per heavy atom. The molecule has 3 nitrogen and oxygen atoms in total. The van der Waals surface area contributed by atoms with Gasteiger partial charge < -0.3 is 9.72 Å². The van der Waals surface area contributed by atoms with Crippen LogP contribution in [0.1, 0.15) is 0 Å². The summed E-state index contributed by atoms with van der Waals surface area (Å²) in [5, 5.41) is 0. The monoisotopic (exact) mass is 350 g/mol. The minimum absolute atomic E-state index is 0.826. The van der Waals surface area contributed by atoms with Crippen molar-refractivity contribution in [2.24, 2.45) is 0 Å². The summed E-state index contributed by atoms with van der Waals surface area (Å²) in [7, 11) is 1.67. The third-order valence-electron chi connectivity index (χ3n) is 2.83. The van der Waals surface area contributed by atoms with Crippen molar-refractivity contribution in [1.29, 1.82) is 0 Å².